The predicted octanol–water partition coefficient (Wildman–Crippen LogP) is 5.02. The number of carbonyl (C=O) groups excluding carboxylic acids is 1. The van der Waals surface area contributed by atoms with Gasteiger partial charge in [0.2, 0.25) is 5.91 Å². The third-order valence-electron chi connectivity index (χ3n) is 4.66. The Balaban J connectivity index is 1.53. The van der Waals surface area contributed by atoms with Crippen molar-refractivity contribution < 1.29 is 4.79 Å². The summed E-state index contributed by atoms with van der Waals surface area (Å²) < 4.78 is 0. The minimum atomic E-state index is -0.000810. The highest BCUT2D eigenvalue weighted by Gasteiger charge is 2.31. The van der Waals surface area contributed by atoms with Gasteiger partial charge >= 0.3 is 0 Å². The molecule has 4 heteroatoms. The lowest BCUT2D eigenvalue weighted by molar-refractivity contribution is -0.131. The van der Waals surface area contributed by atoms with E-state index in [1.165, 1.54) is 5.56 Å². The van der Waals surface area contributed by atoms with Crippen molar-refractivity contribution in [2.45, 2.75) is 25.7 Å². The number of nitrogens with zero attached hydrogens (tertiary/aromatic N) is 1. The smallest absolute Gasteiger partial charge is 0.226 e. The number of amides is 1. The van der Waals surface area contributed by atoms with Gasteiger partial charge in [0.15, 0.2) is 0 Å². The fraction of sp³-hybridized carbons (Fsp3) is 0.350. The molecule has 0 bridgehead atoms. The summed E-state index contributed by atoms with van der Waals surface area (Å²) in [5.41, 5.74) is 2.22. The molecule has 3 rings (SSSR count). The van der Waals surface area contributed by atoms with Crippen LogP contribution in [-0.4, -0.2) is 23.9 Å². The summed E-state index contributed by atoms with van der Waals surface area (Å²) in [6.45, 7) is 1.65. The number of carbonyl (C=O) groups is 1. The van der Waals surface area contributed by atoms with Gasteiger partial charge in [-0.25, -0.2) is 0 Å². The summed E-state index contributed by atoms with van der Waals surface area (Å²) in [6.07, 6.45) is 3.51. The number of hydrogen-bond acceptors (Lipinski definition) is 1. The van der Waals surface area contributed by atoms with Crippen molar-refractivity contribution in [3.8, 4) is 0 Å². The lowest BCUT2D eigenvalue weighted by Crippen LogP contribution is -2.29. The molecule has 1 saturated heterocycles. The first-order chi connectivity index (χ1) is 11.6. The van der Waals surface area contributed by atoms with E-state index >= 15 is 0 Å². The Morgan fingerprint density at radius 2 is 1.71 bits per heavy atom. The van der Waals surface area contributed by atoms with Crippen LogP contribution in [0.1, 0.15) is 24.0 Å². The van der Waals surface area contributed by atoms with Crippen LogP contribution in [0.4, 0.5) is 0 Å². The van der Waals surface area contributed by atoms with Crippen LogP contribution in [-0.2, 0) is 17.6 Å². The van der Waals surface area contributed by atoms with Gasteiger partial charge in [0, 0.05) is 29.1 Å². The zero-order valence-electron chi connectivity index (χ0n) is 13.6. The van der Waals surface area contributed by atoms with Crippen molar-refractivity contribution in [3.63, 3.8) is 0 Å². The molecular weight excluding hydrogens is 341 g/mol. The molecule has 2 aromatic rings. The van der Waals surface area contributed by atoms with E-state index in [4.69, 9.17) is 23.2 Å². The van der Waals surface area contributed by atoms with Gasteiger partial charge < -0.3 is 4.90 Å². The van der Waals surface area contributed by atoms with E-state index in [-0.39, 0.29) is 11.8 Å². The van der Waals surface area contributed by atoms with Crippen molar-refractivity contribution in [2.24, 2.45) is 5.92 Å². The van der Waals surface area contributed by atoms with Crippen molar-refractivity contribution >= 4 is 29.1 Å². The molecule has 1 fully saturated rings. The van der Waals surface area contributed by atoms with Crippen LogP contribution >= 0.6 is 23.2 Å². The van der Waals surface area contributed by atoms with E-state index < -0.39 is 0 Å². The summed E-state index contributed by atoms with van der Waals surface area (Å²) >= 11 is 12.5. The third kappa shape index (κ3) is 4.12. The van der Waals surface area contributed by atoms with E-state index in [1.54, 1.807) is 0 Å². The van der Waals surface area contributed by atoms with Crippen molar-refractivity contribution in [2.75, 3.05) is 13.1 Å². The van der Waals surface area contributed by atoms with Crippen LogP contribution in [0.15, 0.2) is 48.5 Å². The molecular formula is C20H21Cl2NO. The summed E-state index contributed by atoms with van der Waals surface area (Å²) in [7, 11) is 0. The quantitative estimate of drug-likeness (QED) is 0.707. The van der Waals surface area contributed by atoms with E-state index in [0.29, 0.717) is 16.5 Å². The summed E-state index contributed by atoms with van der Waals surface area (Å²) in [6, 6.07) is 15.9. The Hall–Kier alpha value is -1.51. The fourth-order valence-electron chi connectivity index (χ4n) is 3.31. The van der Waals surface area contributed by atoms with Gasteiger partial charge in [0.25, 0.3) is 0 Å². The average Bonchev–Trinajstić information content (AvgIpc) is 2.93. The van der Waals surface area contributed by atoms with E-state index in [2.05, 4.69) is 24.3 Å². The molecule has 1 heterocycles. The van der Waals surface area contributed by atoms with Gasteiger partial charge in [-0.05, 0) is 48.9 Å². The molecule has 0 N–H and O–H groups in total. The highest BCUT2D eigenvalue weighted by molar-refractivity contribution is 6.36. The minimum Gasteiger partial charge on any atom is -0.342 e. The maximum Gasteiger partial charge on any atom is 0.226 e. The monoisotopic (exact) mass is 361 g/mol. The molecule has 1 aliphatic heterocycles. The predicted molar refractivity (Wildman–Crippen MR) is 99.6 cm³/mol. The summed E-state index contributed by atoms with van der Waals surface area (Å²) in [5.74, 6) is 0.234. The van der Waals surface area contributed by atoms with Gasteiger partial charge in [0.1, 0.15) is 0 Å². The molecule has 0 aliphatic carbocycles. The lowest BCUT2D eigenvalue weighted by Gasteiger charge is -2.17. The standard InChI is InChI=1S/C20H21Cl2NO/c21-18-9-4-10-19(22)17(18)14-16-11-13-23(20(16)24)12-5-8-15-6-2-1-3-7-15/h1-4,6-7,9-10,16H,5,8,11-14H2. The molecule has 1 aliphatic rings. The number of likely N-dealkylation sites (tertiary alicyclic amines) is 1. The molecule has 126 valence electrons. The maximum atomic E-state index is 12.6. The Bertz CT molecular complexity index is 682. The molecule has 1 unspecified atom stereocenters. The first-order valence-electron chi connectivity index (χ1n) is 8.41. The highest BCUT2D eigenvalue weighted by Crippen LogP contribution is 2.30. The van der Waals surface area contributed by atoms with Crippen molar-refractivity contribution in [1.29, 1.82) is 0 Å². The first-order valence-corrected chi connectivity index (χ1v) is 9.16. The Morgan fingerprint density at radius 3 is 2.42 bits per heavy atom. The molecule has 0 aromatic heterocycles. The van der Waals surface area contributed by atoms with E-state index in [0.717, 1.165) is 37.9 Å². The second kappa shape index (κ2) is 8.04. The topological polar surface area (TPSA) is 20.3 Å². The van der Waals surface area contributed by atoms with E-state index in [9.17, 15) is 4.79 Å². The Morgan fingerprint density at radius 1 is 1.00 bits per heavy atom. The molecule has 0 radical (unpaired) electrons. The fourth-order valence-corrected chi connectivity index (χ4v) is 3.86. The van der Waals surface area contributed by atoms with Gasteiger partial charge in [0.05, 0.1) is 0 Å². The number of halogens is 2. The van der Waals surface area contributed by atoms with Gasteiger partial charge in [-0.1, -0.05) is 59.6 Å². The minimum absolute atomic E-state index is 0.000810. The second-order valence-electron chi connectivity index (χ2n) is 6.30. The summed E-state index contributed by atoms with van der Waals surface area (Å²) in [5, 5.41) is 1.30. The lowest BCUT2D eigenvalue weighted by atomic mass is 9.98. The second-order valence-corrected chi connectivity index (χ2v) is 7.12. The van der Waals surface area contributed by atoms with Gasteiger partial charge in [-0.15, -0.1) is 0 Å². The Labute approximate surface area is 153 Å². The molecule has 2 aromatic carbocycles. The van der Waals surface area contributed by atoms with Crippen molar-refractivity contribution in [3.05, 3.63) is 69.7 Å². The van der Waals surface area contributed by atoms with Gasteiger partial charge in [-0.3, -0.25) is 4.79 Å². The largest absolute Gasteiger partial charge is 0.342 e. The van der Waals surface area contributed by atoms with Crippen LogP contribution in [0.3, 0.4) is 0 Å². The van der Waals surface area contributed by atoms with Crippen LogP contribution in [0.25, 0.3) is 0 Å². The molecule has 0 spiro atoms. The number of hydrogen-bond donors (Lipinski definition) is 0. The van der Waals surface area contributed by atoms with Crippen molar-refractivity contribution in [1.82, 2.24) is 4.90 Å². The number of aryl methyl sites for hydroxylation is 1. The van der Waals surface area contributed by atoms with Gasteiger partial charge in [-0.2, -0.15) is 0 Å². The number of rotatable bonds is 6. The molecule has 1 amide bonds. The average molecular weight is 362 g/mol. The highest BCUT2D eigenvalue weighted by atomic mass is 35.5. The summed E-state index contributed by atoms with van der Waals surface area (Å²) in [4.78, 5) is 14.6. The van der Waals surface area contributed by atoms with Crippen LogP contribution < -0.4 is 0 Å². The zero-order chi connectivity index (χ0) is 16.9. The van der Waals surface area contributed by atoms with Crippen LogP contribution in [0.5, 0.6) is 0 Å². The molecule has 24 heavy (non-hydrogen) atoms. The molecule has 2 nitrogen and oxygen atoms in total. The zero-order valence-corrected chi connectivity index (χ0v) is 15.1. The van der Waals surface area contributed by atoms with Crippen LogP contribution in [0, 0.1) is 5.92 Å². The molecule has 0 saturated carbocycles. The third-order valence-corrected chi connectivity index (χ3v) is 5.37. The van der Waals surface area contributed by atoms with Crippen LogP contribution in [0.2, 0.25) is 10.0 Å². The first kappa shape index (κ1) is 17.3. The normalized spacial score (nSPS) is 17.5. The van der Waals surface area contributed by atoms with E-state index in [1.807, 2.05) is 29.2 Å². The number of benzene rings is 2. The SMILES string of the molecule is O=C1C(Cc2c(Cl)cccc2Cl)CCN1CCCc1ccccc1. The Kier molecular flexibility index (Phi) is 5.80. The molecule has 1 atom stereocenters. The maximum absolute atomic E-state index is 12.6.